The smallest absolute Gasteiger partial charge is 0.416 e. The van der Waals surface area contributed by atoms with Crippen molar-refractivity contribution >= 4 is 27.3 Å². The van der Waals surface area contributed by atoms with Crippen LogP contribution in [0.2, 0.25) is 0 Å². The molecular formula is C32H30F3N3O6S. The number of anilines is 2. The van der Waals surface area contributed by atoms with E-state index in [4.69, 9.17) is 14.2 Å². The number of carbonyl (C=O) groups excluding carboxylic acids is 1. The molecule has 1 aromatic heterocycles. The van der Waals surface area contributed by atoms with Crippen LogP contribution >= 0.6 is 0 Å². The number of carbonyl (C=O) groups is 1. The van der Waals surface area contributed by atoms with Crippen molar-refractivity contribution in [1.29, 1.82) is 0 Å². The van der Waals surface area contributed by atoms with E-state index in [0.717, 1.165) is 24.0 Å². The van der Waals surface area contributed by atoms with Crippen LogP contribution in [0.25, 0.3) is 22.3 Å². The number of nitrogens with zero attached hydrogens (tertiary/aromatic N) is 2. The maximum Gasteiger partial charge on any atom is 0.416 e. The van der Waals surface area contributed by atoms with Crippen molar-refractivity contribution < 1.29 is 40.6 Å². The molecule has 5 rings (SSSR count). The van der Waals surface area contributed by atoms with Crippen molar-refractivity contribution in [3.63, 3.8) is 0 Å². The SMILES string of the molecule is COCCOCOc1ccc(N2CCc3cc(-c4ccc(C(F)(F)F)cc4-c4ccncc4)ccc3C2=O)cc1NS(C)(=O)=O. The third kappa shape index (κ3) is 7.62. The molecule has 236 valence electrons. The number of sulfonamides is 1. The zero-order valence-corrected chi connectivity index (χ0v) is 25.2. The van der Waals surface area contributed by atoms with Gasteiger partial charge in [-0.3, -0.25) is 14.5 Å². The minimum atomic E-state index is -4.51. The topological polar surface area (TPSA) is 107 Å². The summed E-state index contributed by atoms with van der Waals surface area (Å²) in [4.78, 5) is 19.2. The van der Waals surface area contributed by atoms with Gasteiger partial charge in [-0.2, -0.15) is 13.2 Å². The molecule has 0 spiro atoms. The maximum absolute atomic E-state index is 13.7. The lowest BCUT2D eigenvalue weighted by Crippen LogP contribution is -2.37. The van der Waals surface area contributed by atoms with Crippen molar-refractivity contribution in [3.8, 4) is 28.0 Å². The van der Waals surface area contributed by atoms with Crippen LogP contribution in [0.1, 0.15) is 21.5 Å². The number of fused-ring (bicyclic) bond motifs is 1. The van der Waals surface area contributed by atoms with Crippen molar-refractivity contribution in [2.24, 2.45) is 0 Å². The van der Waals surface area contributed by atoms with E-state index in [9.17, 15) is 26.4 Å². The minimum absolute atomic E-state index is 0.138. The van der Waals surface area contributed by atoms with E-state index in [1.165, 1.54) is 36.5 Å². The fraction of sp³-hybridized carbons (Fsp3) is 0.250. The Morgan fingerprint density at radius 1 is 0.911 bits per heavy atom. The summed E-state index contributed by atoms with van der Waals surface area (Å²) in [6.45, 7) is 0.809. The molecule has 0 saturated carbocycles. The van der Waals surface area contributed by atoms with E-state index in [-0.39, 0.29) is 37.3 Å². The molecule has 1 amide bonds. The first kappa shape index (κ1) is 31.9. The number of ether oxygens (including phenoxy) is 3. The first-order valence-electron chi connectivity index (χ1n) is 13.8. The Hall–Kier alpha value is -4.46. The van der Waals surface area contributed by atoms with Gasteiger partial charge in [0.05, 0.1) is 30.7 Å². The van der Waals surface area contributed by atoms with Gasteiger partial charge in [0.1, 0.15) is 5.75 Å². The highest BCUT2D eigenvalue weighted by Crippen LogP contribution is 2.39. The standard InChI is InChI=1S/C32H30F3N3O6S/c1-42-15-16-43-20-44-30-8-5-25(19-29(30)37-45(2,40)41)38-14-11-23-17-22(3-6-27(23)31(38)39)26-7-4-24(32(33,34)35)18-28(26)21-9-12-36-13-10-21/h3-10,12-13,17-19,37H,11,14-16,20H2,1-2H3. The molecule has 0 saturated heterocycles. The number of methoxy groups -OCH3 is 1. The molecule has 4 aromatic rings. The van der Waals surface area contributed by atoms with E-state index >= 15 is 0 Å². The van der Waals surface area contributed by atoms with Gasteiger partial charge in [-0.1, -0.05) is 18.2 Å². The molecule has 0 atom stereocenters. The van der Waals surface area contributed by atoms with Crippen LogP contribution in [0.15, 0.2) is 79.1 Å². The van der Waals surface area contributed by atoms with Crippen molar-refractivity contribution in [2.75, 3.05) is 49.5 Å². The van der Waals surface area contributed by atoms with Crippen molar-refractivity contribution in [3.05, 3.63) is 95.8 Å². The summed E-state index contributed by atoms with van der Waals surface area (Å²) in [5.74, 6) is -0.0796. The number of rotatable bonds is 11. The highest BCUT2D eigenvalue weighted by Gasteiger charge is 2.32. The zero-order valence-electron chi connectivity index (χ0n) is 24.4. The third-order valence-corrected chi connectivity index (χ3v) is 7.73. The van der Waals surface area contributed by atoms with Crippen LogP contribution in [0.4, 0.5) is 24.5 Å². The molecular weight excluding hydrogens is 611 g/mol. The summed E-state index contributed by atoms with van der Waals surface area (Å²) in [7, 11) is -2.14. The van der Waals surface area contributed by atoms with Gasteiger partial charge in [0.25, 0.3) is 5.91 Å². The van der Waals surface area contributed by atoms with Crippen LogP contribution in [-0.2, 0) is 32.1 Å². The second-order valence-electron chi connectivity index (χ2n) is 10.3. The minimum Gasteiger partial charge on any atom is -0.465 e. The summed E-state index contributed by atoms with van der Waals surface area (Å²) in [5, 5.41) is 0. The number of hydrogen-bond donors (Lipinski definition) is 1. The number of aromatic nitrogens is 1. The third-order valence-electron chi connectivity index (χ3n) is 7.13. The van der Waals surface area contributed by atoms with Crippen LogP contribution in [0, 0.1) is 0 Å². The van der Waals surface area contributed by atoms with E-state index < -0.39 is 21.8 Å². The average molecular weight is 642 g/mol. The summed E-state index contributed by atoms with van der Waals surface area (Å²) >= 11 is 0. The predicted molar refractivity (Wildman–Crippen MR) is 164 cm³/mol. The molecule has 1 aliphatic rings. The number of alkyl halides is 3. The largest absolute Gasteiger partial charge is 0.465 e. The number of hydrogen-bond acceptors (Lipinski definition) is 7. The Morgan fingerprint density at radius 2 is 1.67 bits per heavy atom. The quantitative estimate of drug-likeness (QED) is 0.158. The highest BCUT2D eigenvalue weighted by molar-refractivity contribution is 7.92. The van der Waals surface area contributed by atoms with E-state index in [0.29, 0.717) is 46.5 Å². The maximum atomic E-state index is 13.7. The monoisotopic (exact) mass is 641 g/mol. The normalized spacial score (nSPS) is 13.4. The van der Waals surface area contributed by atoms with Gasteiger partial charge in [0.2, 0.25) is 10.0 Å². The Kier molecular flexibility index (Phi) is 9.42. The molecule has 3 aromatic carbocycles. The number of benzene rings is 3. The van der Waals surface area contributed by atoms with Gasteiger partial charge in [0, 0.05) is 37.3 Å². The van der Waals surface area contributed by atoms with Gasteiger partial charge in [0.15, 0.2) is 6.79 Å². The van der Waals surface area contributed by atoms with Crippen LogP contribution in [-0.4, -0.2) is 59.2 Å². The summed E-state index contributed by atoms with van der Waals surface area (Å²) in [6.07, 6.45) is -0.00169. The van der Waals surface area contributed by atoms with Gasteiger partial charge in [-0.05, 0) is 82.8 Å². The van der Waals surface area contributed by atoms with Gasteiger partial charge >= 0.3 is 6.18 Å². The second kappa shape index (κ2) is 13.3. The Labute approximate surface area is 258 Å². The Morgan fingerprint density at radius 3 is 2.38 bits per heavy atom. The van der Waals surface area contributed by atoms with Gasteiger partial charge in [-0.15, -0.1) is 0 Å². The van der Waals surface area contributed by atoms with Crippen LogP contribution in [0.5, 0.6) is 5.75 Å². The van der Waals surface area contributed by atoms with Gasteiger partial charge < -0.3 is 19.1 Å². The van der Waals surface area contributed by atoms with E-state index in [2.05, 4.69) is 9.71 Å². The summed E-state index contributed by atoms with van der Waals surface area (Å²) < 4.78 is 83.1. The molecule has 9 nitrogen and oxygen atoms in total. The lowest BCUT2D eigenvalue weighted by Gasteiger charge is -2.30. The molecule has 13 heteroatoms. The molecule has 0 radical (unpaired) electrons. The first-order valence-corrected chi connectivity index (χ1v) is 15.7. The zero-order chi connectivity index (χ0) is 32.2. The number of nitrogens with one attached hydrogen (secondary N) is 1. The fourth-order valence-electron chi connectivity index (χ4n) is 5.04. The van der Waals surface area contributed by atoms with E-state index in [1.54, 1.807) is 36.4 Å². The first-order chi connectivity index (χ1) is 21.4. The molecule has 0 unspecified atom stereocenters. The number of pyridine rings is 1. The molecule has 0 bridgehead atoms. The van der Waals surface area contributed by atoms with Gasteiger partial charge in [-0.25, -0.2) is 8.42 Å². The van der Waals surface area contributed by atoms with Crippen LogP contribution < -0.4 is 14.4 Å². The fourth-order valence-corrected chi connectivity index (χ4v) is 5.60. The molecule has 1 aliphatic heterocycles. The van der Waals surface area contributed by atoms with E-state index in [1.807, 2.05) is 6.07 Å². The second-order valence-corrected chi connectivity index (χ2v) is 12.0. The predicted octanol–water partition coefficient (Wildman–Crippen LogP) is 6.01. The lowest BCUT2D eigenvalue weighted by molar-refractivity contribution is -0.137. The van der Waals surface area contributed by atoms with Crippen LogP contribution in [0.3, 0.4) is 0 Å². The molecule has 0 fully saturated rings. The Bertz CT molecular complexity index is 1800. The average Bonchev–Trinajstić information content (AvgIpc) is 3.00. The molecule has 45 heavy (non-hydrogen) atoms. The summed E-state index contributed by atoms with van der Waals surface area (Å²) in [5.41, 5.74) is 3.26. The lowest BCUT2D eigenvalue weighted by atomic mass is 9.89. The number of halogens is 3. The van der Waals surface area contributed by atoms with Crippen molar-refractivity contribution in [1.82, 2.24) is 4.98 Å². The number of amides is 1. The summed E-state index contributed by atoms with van der Waals surface area (Å²) in [6, 6.07) is 16.8. The molecule has 1 N–H and O–H groups in total. The molecule has 0 aliphatic carbocycles. The Balaban J connectivity index is 1.44. The van der Waals surface area contributed by atoms with Crippen molar-refractivity contribution in [2.45, 2.75) is 12.6 Å². The highest BCUT2D eigenvalue weighted by atomic mass is 32.2. The molecule has 2 heterocycles.